The quantitative estimate of drug-likeness (QED) is 0.848. The fourth-order valence-corrected chi connectivity index (χ4v) is 1.92. The third-order valence-corrected chi connectivity index (χ3v) is 2.93. The van der Waals surface area contributed by atoms with Gasteiger partial charge in [0.1, 0.15) is 5.82 Å². The third-order valence-electron chi connectivity index (χ3n) is 2.93. The highest BCUT2D eigenvalue weighted by Crippen LogP contribution is 2.15. The van der Waals surface area contributed by atoms with Crippen LogP contribution in [0.2, 0.25) is 0 Å². The highest BCUT2D eigenvalue weighted by Gasteiger charge is 2.09. The molecule has 0 amide bonds. The van der Waals surface area contributed by atoms with Crippen molar-refractivity contribution in [1.29, 1.82) is 0 Å². The molecule has 4 nitrogen and oxygen atoms in total. The maximum Gasteiger partial charge on any atom is 0.217 e. The van der Waals surface area contributed by atoms with Crippen molar-refractivity contribution in [1.82, 2.24) is 10.3 Å². The van der Waals surface area contributed by atoms with Crippen LogP contribution in [-0.2, 0) is 6.54 Å². The van der Waals surface area contributed by atoms with Gasteiger partial charge in [-0.2, -0.15) is 0 Å². The van der Waals surface area contributed by atoms with Crippen molar-refractivity contribution in [3.63, 3.8) is 0 Å². The van der Waals surface area contributed by atoms with E-state index in [1.54, 1.807) is 25.4 Å². The molecule has 1 atom stereocenters. The van der Waals surface area contributed by atoms with Gasteiger partial charge >= 0.3 is 0 Å². The Morgan fingerprint density at radius 1 is 1.35 bits per heavy atom. The zero-order chi connectivity index (χ0) is 14.4. The number of aromatic nitrogens is 1. The summed E-state index contributed by atoms with van der Waals surface area (Å²) >= 11 is 0. The van der Waals surface area contributed by atoms with E-state index >= 15 is 0 Å². The van der Waals surface area contributed by atoms with Gasteiger partial charge in [-0.15, -0.1) is 0 Å². The maximum absolute atomic E-state index is 13.1. The lowest BCUT2D eigenvalue weighted by Gasteiger charge is -2.13. The minimum atomic E-state index is -0.756. The number of nitrogens with one attached hydrogen (secondary N) is 1. The van der Waals surface area contributed by atoms with Crippen molar-refractivity contribution in [2.45, 2.75) is 12.6 Å². The molecule has 0 saturated heterocycles. The molecule has 1 heterocycles. The van der Waals surface area contributed by atoms with Crippen molar-refractivity contribution >= 4 is 0 Å². The van der Waals surface area contributed by atoms with Crippen LogP contribution >= 0.6 is 0 Å². The van der Waals surface area contributed by atoms with Crippen LogP contribution in [0.25, 0.3) is 0 Å². The SMILES string of the molecule is COc1ncccc1CNCC(O)c1cccc(F)c1. The van der Waals surface area contributed by atoms with E-state index < -0.39 is 6.10 Å². The summed E-state index contributed by atoms with van der Waals surface area (Å²) in [5.74, 6) is 0.204. The highest BCUT2D eigenvalue weighted by atomic mass is 19.1. The molecular weight excluding hydrogens is 259 g/mol. The van der Waals surface area contributed by atoms with Gasteiger partial charge in [0, 0.05) is 24.8 Å². The zero-order valence-corrected chi connectivity index (χ0v) is 11.2. The Labute approximate surface area is 117 Å². The molecule has 0 aliphatic carbocycles. The summed E-state index contributed by atoms with van der Waals surface area (Å²) in [5.41, 5.74) is 1.46. The van der Waals surface area contributed by atoms with E-state index in [1.165, 1.54) is 12.1 Å². The molecule has 0 radical (unpaired) electrons. The average Bonchev–Trinajstić information content (AvgIpc) is 2.47. The van der Waals surface area contributed by atoms with Gasteiger partial charge < -0.3 is 15.2 Å². The number of pyridine rings is 1. The number of halogens is 1. The number of benzene rings is 1. The molecule has 0 saturated carbocycles. The molecule has 0 aliphatic heterocycles. The van der Waals surface area contributed by atoms with Crippen molar-refractivity contribution in [3.8, 4) is 5.88 Å². The van der Waals surface area contributed by atoms with Crippen LogP contribution in [0.5, 0.6) is 5.88 Å². The van der Waals surface area contributed by atoms with Crippen LogP contribution in [0.15, 0.2) is 42.6 Å². The van der Waals surface area contributed by atoms with Crippen molar-refractivity contribution in [2.75, 3.05) is 13.7 Å². The normalized spacial score (nSPS) is 12.2. The topological polar surface area (TPSA) is 54.4 Å². The maximum atomic E-state index is 13.1. The molecular formula is C15H17FN2O2. The van der Waals surface area contributed by atoms with Gasteiger partial charge in [0.2, 0.25) is 5.88 Å². The molecule has 5 heteroatoms. The number of hydrogen-bond acceptors (Lipinski definition) is 4. The second-order valence-electron chi connectivity index (χ2n) is 4.37. The Morgan fingerprint density at radius 3 is 2.95 bits per heavy atom. The number of methoxy groups -OCH3 is 1. The van der Waals surface area contributed by atoms with Gasteiger partial charge in [0.15, 0.2) is 0 Å². The largest absolute Gasteiger partial charge is 0.481 e. The Hall–Kier alpha value is -1.98. The molecule has 0 fully saturated rings. The number of rotatable bonds is 6. The standard InChI is InChI=1S/C15H17FN2O2/c1-20-15-12(5-3-7-18-15)9-17-10-14(19)11-4-2-6-13(16)8-11/h2-8,14,17,19H,9-10H2,1H3. The summed E-state index contributed by atoms with van der Waals surface area (Å²) < 4.78 is 18.2. The smallest absolute Gasteiger partial charge is 0.217 e. The van der Waals surface area contributed by atoms with Crippen LogP contribution in [0, 0.1) is 5.82 Å². The highest BCUT2D eigenvalue weighted by molar-refractivity contribution is 5.25. The summed E-state index contributed by atoms with van der Waals surface area (Å²) in [6.45, 7) is 0.838. The molecule has 2 N–H and O–H groups in total. The van der Waals surface area contributed by atoms with Gasteiger partial charge in [-0.1, -0.05) is 18.2 Å². The number of ether oxygens (including phenoxy) is 1. The van der Waals surface area contributed by atoms with E-state index in [4.69, 9.17) is 4.74 Å². The molecule has 2 aromatic rings. The lowest BCUT2D eigenvalue weighted by atomic mass is 10.1. The summed E-state index contributed by atoms with van der Waals surface area (Å²) in [7, 11) is 1.56. The van der Waals surface area contributed by atoms with Crippen LogP contribution in [0.1, 0.15) is 17.2 Å². The third kappa shape index (κ3) is 3.76. The van der Waals surface area contributed by atoms with Gasteiger partial charge in [0.05, 0.1) is 13.2 Å². The van der Waals surface area contributed by atoms with Crippen LogP contribution < -0.4 is 10.1 Å². The van der Waals surface area contributed by atoms with Gasteiger partial charge in [0.25, 0.3) is 0 Å². The molecule has 1 aromatic heterocycles. The van der Waals surface area contributed by atoms with Crippen molar-refractivity contribution in [2.24, 2.45) is 0 Å². The Bertz CT molecular complexity index is 563. The molecule has 0 aliphatic rings. The summed E-state index contributed by atoms with van der Waals surface area (Å²) in [5, 5.41) is 13.1. The molecule has 2 rings (SSSR count). The Kier molecular flexibility index (Phi) is 5.03. The first-order valence-corrected chi connectivity index (χ1v) is 6.33. The monoisotopic (exact) mass is 276 g/mol. The minimum absolute atomic E-state index is 0.321. The first-order valence-electron chi connectivity index (χ1n) is 6.33. The van der Waals surface area contributed by atoms with E-state index in [0.717, 1.165) is 5.56 Å². The summed E-state index contributed by atoms with van der Waals surface area (Å²) in [6, 6.07) is 9.68. The van der Waals surface area contributed by atoms with Gasteiger partial charge in [-0.3, -0.25) is 0 Å². The van der Waals surface area contributed by atoms with Crippen LogP contribution in [0.4, 0.5) is 4.39 Å². The predicted octanol–water partition coefficient (Wildman–Crippen LogP) is 2.05. The summed E-state index contributed by atoms with van der Waals surface area (Å²) in [6.07, 6.45) is 0.901. The number of aliphatic hydroxyl groups is 1. The average molecular weight is 276 g/mol. The minimum Gasteiger partial charge on any atom is -0.481 e. The molecule has 20 heavy (non-hydrogen) atoms. The first-order chi connectivity index (χ1) is 9.70. The number of aliphatic hydroxyl groups excluding tert-OH is 1. The fourth-order valence-electron chi connectivity index (χ4n) is 1.92. The number of hydrogen-bond donors (Lipinski definition) is 2. The summed E-state index contributed by atoms with van der Waals surface area (Å²) in [4.78, 5) is 4.09. The van der Waals surface area contributed by atoms with Crippen molar-refractivity contribution in [3.05, 3.63) is 59.5 Å². The van der Waals surface area contributed by atoms with E-state index in [1.807, 2.05) is 12.1 Å². The first kappa shape index (κ1) is 14.4. The second-order valence-corrected chi connectivity index (χ2v) is 4.37. The fraction of sp³-hybridized carbons (Fsp3) is 0.267. The van der Waals surface area contributed by atoms with E-state index in [0.29, 0.717) is 24.5 Å². The van der Waals surface area contributed by atoms with E-state index in [2.05, 4.69) is 10.3 Å². The number of nitrogens with zero attached hydrogens (tertiary/aromatic N) is 1. The predicted molar refractivity (Wildman–Crippen MR) is 73.9 cm³/mol. The Morgan fingerprint density at radius 2 is 2.20 bits per heavy atom. The van der Waals surface area contributed by atoms with Crippen LogP contribution in [-0.4, -0.2) is 23.7 Å². The molecule has 1 aromatic carbocycles. The van der Waals surface area contributed by atoms with E-state index in [9.17, 15) is 9.50 Å². The zero-order valence-electron chi connectivity index (χ0n) is 11.2. The van der Waals surface area contributed by atoms with Gasteiger partial charge in [-0.05, 0) is 23.8 Å². The second kappa shape index (κ2) is 6.98. The van der Waals surface area contributed by atoms with Crippen molar-refractivity contribution < 1.29 is 14.2 Å². The molecule has 0 spiro atoms. The molecule has 106 valence electrons. The van der Waals surface area contributed by atoms with Gasteiger partial charge in [-0.25, -0.2) is 9.37 Å². The lowest BCUT2D eigenvalue weighted by molar-refractivity contribution is 0.173. The molecule has 1 unspecified atom stereocenters. The Balaban J connectivity index is 1.89. The van der Waals surface area contributed by atoms with Crippen LogP contribution in [0.3, 0.4) is 0 Å². The lowest BCUT2D eigenvalue weighted by Crippen LogP contribution is -2.21. The molecule has 0 bridgehead atoms. The van der Waals surface area contributed by atoms with E-state index in [-0.39, 0.29) is 5.82 Å².